The lowest BCUT2D eigenvalue weighted by Gasteiger charge is -2.19. The van der Waals surface area contributed by atoms with Crippen LogP contribution in [0, 0.1) is 6.92 Å². The molecule has 16 heavy (non-hydrogen) atoms. The Morgan fingerprint density at radius 3 is 2.50 bits per heavy atom. The van der Waals surface area contributed by atoms with E-state index in [1.807, 2.05) is 0 Å². The number of benzene rings is 1. The highest BCUT2D eigenvalue weighted by atomic mass is 32.1. The zero-order chi connectivity index (χ0) is 11.4. The van der Waals surface area contributed by atoms with Crippen molar-refractivity contribution in [3.8, 4) is 0 Å². The maximum Gasteiger partial charge on any atom is 0.169 e. The first-order valence-electron chi connectivity index (χ1n) is 5.84. The van der Waals surface area contributed by atoms with Crippen LogP contribution in [0.25, 0.3) is 0 Å². The predicted octanol–water partition coefficient (Wildman–Crippen LogP) is 2.47. The van der Waals surface area contributed by atoms with Gasteiger partial charge in [-0.2, -0.15) is 0 Å². The topological polar surface area (TPSA) is 15.3 Å². The van der Waals surface area contributed by atoms with E-state index in [-0.39, 0.29) is 0 Å². The van der Waals surface area contributed by atoms with E-state index >= 15 is 0 Å². The molecule has 1 aromatic carbocycles. The minimum atomic E-state index is 0.829. The van der Waals surface area contributed by atoms with Gasteiger partial charge in [0.05, 0.1) is 0 Å². The number of thiocarbonyl (C=S) groups is 1. The Bertz CT molecular complexity index is 353. The summed E-state index contributed by atoms with van der Waals surface area (Å²) in [6, 6.07) is 8.57. The fourth-order valence-corrected chi connectivity index (χ4v) is 2.17. The molecule has 0 spiro atoms. The Morgan fingerprint density at radius 1 is 1.25 bits per heavy atom. The molecule has 0 unspecified atom stereocenters. The van der Waals surface area contributed by atoms with Gasteiger partial charge in [-0.3, -0.25) is 0 Å². The molecule has 1 N–H and O–H groups in total. The molecule has 0 aliphatic carbocycles. The Morgan fingerprint density at radius 2 is 1.88 bits per heavy atom. The second-order valence-corrected chi connectivity index (χ2v) is 4.73. The predicted molar refractivity (Wildman–Crippen MR) is 71.4 cm³/mol. The highest BCUT2D eigenvalue weighted by molar-refractivity contribution is 7.80. The molecule has 3 heteroatoms. The van der Waals surface area contributed by atoms with Crippen molar-refractivity contribution in [2.75, 3.05) is 13.1 Å². The van der Waals surface area contributed by atoms with Crippen molar-refractivity contribution in [1.29, 1.82) is 0 Å². The zero-order valence-corrected chi connectivity index (χ0v) is 10.5. The summed E-state index contributed by atoms with van der Waals surface area (Å²) in [5.41, 5.74) is 2.58. The van der Waals surface area contributed by atoms with Crippen molar-refractivity contribution < 1.29 is 0 Å². The molecule has 0 saturated carbocycles. The van der Waals surface area contributed by atoms with Gasteiger partial charge in [-0.25, -0.2) is 0 Å². The molecule has 1 heterocycles. The minimum Gasteiger partial charge on any atom is -0.358 e. The third-order valence-corrected chi connectivity index (χ3v) is 3.36. The second-order valence-electron chi connectivity index (χ2n) is 4.34. The molecule has 0 bridgehead atoms. The van der Waals surface area contributed by atoms with Crippen LogP contribution < -0.4 is 5.32 Å². The van der Waals surface area contributed by atoms with Gasteiger partial charge in [-0.05, 0) is 37.5 Å². The highest BCUT2D eigenvalue weighted by Crippen LogP contribution is 2.08. The van der Waals surface area contributed by atoms with Crippen molar-refractivity contribution in [3.05, 3.63) is 35.4 Å². The number of aryl methyl sites for hydroxylation is 1. The molecule has 2 nitrogen and oxygen atoms in total. The van der Waals surface area contributed by atoms with Crippen LogP contribution in [0.15, 0.2) is 24.3 Å². The lowest BCUT2D eigenvalue weighted by molar-refractivity contribution is 0.506. The number of hydrogen-bond acceptors (Lipinski definition) is 1. The van der Waals surface area contributed by atoms with Crippen molar-refractivity contribution in [3.63, 3.8) is 0 Å². The molecule has 86 valence electrons. The Kier molecular flexibility index (Phi) is 3.78. The lowest BCUT2D eigenvalue weighted by Crippen LogP contribution is -2.37. The van der Waals surface area contributed by atoms with Crippen LogP contribution in [0.3, 0.4) is 0 Å². The maximum absolute atomic E-state index is 5.35. The second kappa shape index (κ2) is 5.30. The average Bonchev–Trinajstić information content (AvgIpc) is 2.81. The summed E-state index contributed by atoms with van der Waals surface area (Å²) in [6.45, 7) is 5.15. The van der Waals surface area contributed by atoms with E-state index in [2.05, 4.69) is 41.4 Å². The molecule has 2 rings (SSSR count). The molecule has 1 aliphatic heterocycles. The molecule has 0 aromatic heterocycles. The summed E-state index contributed by atoms with van der Waals surface area (Å²) in [4.78, 5) is 2.25. The van der Waals surface area contributed by atoms with Gasteiger partial charge in [0, 0.05) is 19.6 Å². The van der Waals surface area contributed by atoms with Crippen LogP contribution >= 0.6 is 12.2 Å². The summed E-state index contributed by atoms with van der Waals surface area (Å²) in [6.07, 6.45) is 2.54. The van der Waals surface area contributed by atoms with Crippen molar-refractivity contribution in [2.45, 2.75) is 26.3 Å². The first-order chi connectivity index (χ1) is 7.75. The number of nitrogens with zero attached hydrogens (tertiary/aromatic N) is 1. The van der Waals surface area contributed by atoms with Gasteiger partial charge in [0.2, 0.25) is 0 Å². The van der Waals surface area contributed by atoms with Crippen LogP contribution in [-0.2, 0) is 6.54 Å². The van der Waals surface area contributed by atoms with Crippen molar-refractivity contribution in [1.82, 2.24) is 10.2 Å². The van der Waals surface area contributed by atoms with Crippen LogP contribution in [0.4, 0.5) is 0 Å². The SMILES string of the molecule is Cc1ccc(CNC(=S)N2CCCC2)cc1. The third kappa shape index (κ3) is 2.95. The van der Waals surface area contributed by atoms with Crippen molar-refractivity contribution in [2.24, 2.45) is 0 Å². The lowest BCUT2D eigenvalue weighted by atomic mass is 10.1. The zero-order valence-electron chi connectivity index (χ0n) is 9.70. The van der Waals surface area contributed by atoms with Crippen LogP contribution in [0.5, 0.6) is 0 Å². The molecule has 0 amide bonds. The monoisotopic (exact) mass is 234 g/mol. The number of rotatable bonds is 2. The minimum absolute atomic E-state index is 0.829. The Hall–Kier alpha value is -1.09. The van der Waals surface area contributed by atoms with E-state index in [0.29, 0.717) is 0 Å². The summed E-state index contributed by atoms with van der Waals surface area (Å²) in [5, 5.41) is 4.22. The summed E-state index contributed by atoms with van der Waals surface area (Å²) < 4.78 is 0. The van der Waals surface area contributed by atoms with E-state index in [0.717, 1.165) is 24.7 Å². The van der Waals surface area contributed by atoms with Gasteiger partial charge in [-0.15, -0.1) is 0 Å². The molecule has 1 fully saturated rings. The molecule has 1 aliphatic rings. The van der Waals surface area contributed by atoms with Crippen LogP contribution in [-0.4, -0.2) is 23.1 Å². The first-order valence-corrected chi connectivity index (χ1v) is 6.25. The normalized spacial score (nSPS) is 15.2. The fraction of sp³-hybridized carbons (Fsp3) is 0.462. The summed E-state index contributed by atoms with van der Waals surface area (Å²) in [5.74, 6) is 0. The number of likely N-dealkylation sites (tertiary alicyclic amines) is 1. The third-order valence-electron chi connectivity index (χ3n) is 2.96. The summed E-state index contributed by atoms with van der Waals surface area (Å²) in [7, 11) is 0. The van der Waals surface area contributed by atoms with Gasteiger partial charge in [0.25, 0.3) is 0 Å². The maximum atomic E-state index is 5.35. The van der Waals surface area contributed by atoms with E-state index in [1.54, 1.807) is 0 Å². The van der Waals surface area contributed by atoms with Gasteiger partial charge in [-0.1, -0.05) is 29.8 Å². The van der Waals surface area contributed by atoms with Gasteiger partial charge >= 0.3 is 0 Å². The standard InChI is InChI=1S/C13H18N2S/c1-11-4-6-12(7-5-11)10-14-13(16)15-8-2-3-9-15/h4-7H,2-3,8-10H2,1H3,(H,14,16). The first kappa shape index (κ1) is 11.4. The summed E-state index contributed by atoms with van der Waals surface area (Å²) >= 11 is 5.35. The molecule has 1 aromatic rings. The largest absolute Gasteiger partial charge is 0.358 e. The van der Waals surface area contributed by atoms with Gasteiger partial charge < -0.3 is 10.2 Å². The quantitative estimate of drug-likeness (QED) is 0.791. The molecule has 0 radical (unpaired) electrons. The van der Waals surface area contributed by atoms with E-state index < -0.39 is 0 Å². The van der Waals surface area contributed by atoms with E-state index in [1.165, 1.54) is 24.0 Å². The van der Waals surface area contributed by atoms with Crippen LogP contribution in [0.2, 0.25) is 0 Å². The molecule has 1 saturated heterocycles. The Labute approximate surface area is 103 Å². The molecular formula is C13H18N2S. The number of hydrogen-bond donors (Lipinski definition) is 1. The number of nitrogens with one attached hydrogen (secondary N) is 1. The van der Waals surface area contributed by atoms with E-state index in [4.69, 9.17) is 12.2 Å². The highest BCUT2D eigenvalue weighted by Gasteiger charge is 2.13. The van der Waals surface area contributed by atoms with Crippen LogP contribution in [0.1, 0.15) is 24.0 Å². The average molecular weight is 234 g/mol. The van der Waals surface area contributed by atoms with E-state index in [9.17, 15) is 0 Å². The fourth-order valence-electron chi connectivity index (χ4n) is 1.92. The molecular weight excluding hydrogens is 216 g/mol. The van der Waals surface area contributed by atoms with Gasteiger partial charge in [0.15, 0.2) is 5.11 Å². The van der Waals surface area contributed by atoms with Gasteiger partial charge in [0.1, 0.15) is 0 Å². The smallest absolute Gasteiger partial charge is 0.169 e. The Balaban J connectivity index is 1.82. The molecule has 0 atom stereocenters. The van der Waals surface area contributed by atoms with Crippen molar-refractivity contribution >= 4 is 17.3 Å².